The lowest BCUT2D eigenvalue weighted by Crippen LogP contribution is -2.21. The molecule has 2 aliphatic rings. The number of hydrogen-bond donors (Lipinski definition) is 2. The second-order valence-corrected chi connectivity index (χ2v) is 13.0. The van der Waals surface area contributed by atoms with E-state index in [4.69, 9.17) is 4.74 Å². The molecule has 1 atom stereocenters. The molecule has 2 aromatic heterocycles. The number of aliphatic hydroxyl groups is 1. The number of alkyl halides is 3. The number of likely N-dealkylation sites (tertiary alicyclic amines) is 2. The standard InChI is InChI=1S/C39H39F3N6O3/c1-25-30(6-5-7-34(25)46-38(50)36-10-8-26(21-45-36)22-48-17-13-29(49)24-48)31-12-14-44-35(32(31)20-43)11-9-27-19-37(51-2)28(18-33(27)39(40,41)42)23-47-15-3-4-16-47/h5-12,14,18-19,21,29,49H,3-4,13,15-17,22-24H2,1-2H3,(H,46,50)/b11-9+/t29-/m1/s1. The molecule has 51 heavy (non-hydrogen) atoms. The fourth-order valence-corrected chi connectivity index (χ4v) is 6.75. The third kappa shape index (κ3) is 8.28. The zero-order valence-electron chi connectivity index (χ0n) is 28.5. The normalized spacial score (nSPS) is 16.8. The van der Waals surface area contributed by atoms with Gasteiger partial charge >= 0.3 is 6.18 Å². The van der Waals surface area contributed by atoms with Crippen LogP contribution in [0.4, 0.5) is 18.9 Å². The maximum absolute atomic E-state index is 14.3. The van der Waals surface area contributed by atoms with E-state index in [0.29, 0.717) is 53.3 Å². The SMILES string of the molecule is COc1cc(/C=C/c2nccc(-c3cccc(NC(=O)c4ccc(CN5CC[C@@H](O)C5)cn4)c3C)c2C#N)c(C(F)(F)F)cc1CN1CCCC1. The molecule has 1 amide bonds. The Balaban J connectivity index is 1.24. The summed E-state index contributed by atoms with van der Waals surface area (Å²) in [5.74, 6) is -0.0418. The number of benzene rings is 2. The Bertz CT molecular complexity index is 1970. The molecule has 4 aromatic rings. The maximum atomic E-state index is 14.3. The van der Waals surface area contributed by atoms with Crippen LogP contribution in [0.15, 0.2) is 60.9 Å². The topological polar surface area (TPSA) is 115 Å². The van der Waals surface area contributed by atoms with Crippen LogP contribution in [-0.4, -0.2) is 70.2 Å². The number of halogens is 3. The smallest absolute Gasteiger partial charge is 0.417 e. The lowest BCUT2D eigenvalue weighted by Gasteiger charge is -2.20. The molecule has 264 valence electrons. The van der Waals surface area contributed by atoms with Crippen LogP contribution in [-0.2, 0) is 19.3 Å². The van der Waals surface area contributed by atoms with Gasteiger partial charge < -0.3 is 15.2 Å². The van der Waals surface area contributed by atoms with Crippen molar-refractivity contribution in [2.24, 2.45) is 0 Å². The number of hydrogen-bond acceptors (Lipinski definition) is 8. The van der Waals surface area contributed by atoms with E-state index in [0.717, 1.165) is 50.5 Å². The second kappa shape index (κ2) is 15.4. The first-order chi connectivity index (χ1) is 24.5. The van der Waals surface area contributed by atoms with E-state index in [1.54, 1.807) is 30.5 Å². The number of pyridine rings is 2. The molecular weight excluding hydrogens is 657 g/mol. The molecule has 2 aliphatic heterocycles. The highest BCUT2D eigenvalue weighted by atomic mass is 19.4. The van der Waals surface area contributed by atoms with E-state index >= 15 is 0 Å². The molecule has 0 bridgehead atoms. The van der Waals surface area contributed by atoms with Gasteiger partial charge in [-0.05, 0) is 97.9 Å². The van der Waals surface area contributed by atoms with Crippen molar-refractivity contribution in [1.29, 1.82) is 5.26 Å². The van der Waals surface area contributed by atoms with Crippen LogP contribution in [0, 0.1) is 18.3 Å². The summed E-state index contributed by atoms with van der Waals surface area (Å²) in [5, 5.41) is 22.9. The van der Waals surface area contributed by atoms with Gasteiger partial charge in [-0.15, -0.1) is 0 Å². The van der Waals surface area contributed by atoms with E-state index in [1.807, 2.05) is 19.1 Å². The molecule has 6 rings (SSSR count). The summed E-state index contributed by atoms with van der Waals surface area (Å²) < 4.78 is 48.5. The fraction of sp³-hybridized carbons (Fsp3) is 0.333. The van der Waals surface area contributed by atoms with Gasteiger partial charge in [0.1, 0.15) is 17.5 Å². The van der Waals surface area contributed by atoms with Gasteiger partial charge in [0, 0.05) is 55.4 Å². The van der Waals surface area contributed by atoms with Crippen LogP contribution >= 0.6 is 0 Å². The molecule has 0 saturated carbocycles. The Kier molecular flexibility index (Phi) is 10.8. The van der Waals surface area contributed by atoms with Gasteiger partial charge in [0.05, 0.1) is 30.0 Å². The lowest BCUT2D eigenvalue weighted by atomic mass is 9.94. The minimum absolute atomic E-state index is 0.0991. The molecule has 0 radical (unpaired) electrons. The average molecular weight is 697 g/mol. The molecule has 12 heteroatoms. The summed E-state index contributed by atoms with van der Waals surface area (Å²) in [7, 11) is 1.44. The van der Waals surface area contributed by atoms with Gasteiger partial charge in [0.25, 0.3) is 5.91 Å². The van der Waals surface area contributed by atoms with E-state index in [9.17, 15) is 28.3 Å². The minimum Gasteiger partial charge on any atom is -0.496 e. The first kappa shape index (κ1) is 35.7. The van der Waals surface area contributed by atoms with Crippen LogP contribution < -0.4 is 10.1 Å². The van der Waals surface area contributed by atoms with Gasteiger partial charge in [-0.3, -0.25) is 24.6 Å². The summed E-state index contributed by atoms with van der Waals surface area (Å²) >= 11 is 0. The highest BCUT2D eigenvalue weighted by molar-refractivity contribution is 6.03. The lowest BCUT2D eigenvalue weighted by molar-refractivity contribution is -0.137. The number of nitrogens with zero attached hydrogens (tertiary/aromatic N) is 5. The van der Waals surface area contributed by atoms with Crippen molar-refractivity contribution < 1.29 is 27.8 Å². The van der Waals surface area contributed by atoms with Gasteiger partial charge in [-0.25, -0.2) is 0 Å². The molecular formula is C39H39F3N6O3. The zero-order chi connectivity index (χ0) is 36.1. The zero-order valence-corrected chi connectivity index (χ0v) is 28.5. The quantitative estimate of drug-likeness (QED) is 0.184. The van der Waals surface area contributed by atoms with Crippen molar-refractivity contribution in [3.63, 3.8) is 0 Å². The third-order valence-electron chi connectivity index (χ3n) is 9.45. The van der Waals surface area contributed by atoms with E-state index in [2.05, 4.69) is 31.2 Å². The summed E-state index contributed by atoms with van der Waals surface area (Å²) in [6.45, 7) is 5.90. The number of nitriles is 1. The Labute approximate surface area is 295 Å². The number of nitrogens with one attached hydrogen (secondary N) is 1. The van der Waals surface area contributed by atoms with Crippen LogP contribution in [0.25, 0.3) is 23.3 Å². The van der Waals surface area contributed by atoms with E-state index < -0.39 is 17.6 Å². The van der Waals surface area contributed by atoms with Crippen LogP contribution in [0.2, 0.25) is 0 Å². The highest BCUT2D eigenvalue weighted by Gasteiger charge is 2.34. The van der Waals surface area contributed by atoms with Gasteiger partial charge in [0.2, 0.25) is 0 Å². The van der Waals surface area contributed by atoms with Crippen molar-refractivity contribution >= 4 is 23.7 Å². The second-order valence-electron chi connectivity index (χ2n) is 13.0. The molecule has 0 spiro atoms. The minimum atomic E-state index is -4.61. The van der Waals surface area contributed by atoms with E-state index in [1.165, 1.54) is 31.5 Å². The highest BCUT2D eigenvalue weighted by Crippen LogP contribution is 2.38. The monoisotopic (exact) mass is 696 g/mol. The van der Waals surface area contributed by atoms with Crippen LogP contribution in [0.5, 0.6) is 5.75 Å². The number of β-amino-alcohol motifs (C(OH)–C–C–N with tert-alkyl or cyclic N) is 1. The third-order valence-corrected chi connectivity index (χ3v) is 9.45. The molecule has 2 fully saturated rings. The molecule has 2 saturated heterocycles. The average Bonchev–Trinajstić information content (AvgIpc) is 3.79. The summed E-state index contributed by atoms with van der Waals surface area (Å²) in [4.78, 5) is 26.1. The van der Waals surface area contributed by atoms with Crippen molar-refractivity contribution in [3.05, 3.63) is 106 Å². The number of carbonyl (C=O) groups is 1. The number of carbonyl (C=O) groups excluding carboxylic acids is 1. The first-order valence-electron chi connectivity index (χ1n) is 16.9. The van der Waals surface area contributed by atoms with Crippen LogP contribution in [0.1, 0.15) is 68.8 Å². The Morgan fingerprint density at radius 1 is 1.06 bits per heavy atom. The number of amides is 1. The predicted octanol–water partition coefficient (Wildman–Crippen LogP) is 6.94. The molecule has 9 nitrogen and oxygen atoms in total. The van der Waals surface area contributed by atoms with Crippen molar-refractivity contribution in [1.82, 2.24) is 19.8 Å². The number of methoxy groups -OCH3 is 1. The predicted molar refractivity (Wildman–Crippen MR) is 189 cm³/mol. The Hall–Kier alpha value is -5.09. The molecule has 2 N–H and O–H groups in total. The number of ether oxygens (including phenoxy) is 1. The Morgan fingerprint density at radius 2 is 1.86 bits per heavy atom. The number of aliphatic hydroxyl groups excluding tert-OH is 1. The maximum Gasteiger partial charge on any atom is 0.417 e. The number of anilines is 1. The number of rotatable bonds is 10. The van der Waals surface area contributed by atoms with Crippen molar-refractivity contribution in [2.45, 2.75) is 51.6 Å². The summed E-state index contributed by atoms with van der Waals surface area (Å²) in [6, 6.07) is 15.2. The molecule has 2 aromatic carbocycles. The fourth-order valence-electron chi connectivity index (χ4n) is 6.75. The van der Waals surface area contributed by atoms with Gasteiger partial charge in [0.15, 0.2) is 0 Å². The van der Waals surface area contributed by atoms with Gasteiger partial charge in [-0.1, -0.05) is 24.3 Å². The van der Waals surface area contributed by atoms with E-state index in [-0.39, 0.29) is 28.6 Å². The Morgan fingerprint density at radius 3 is 2.53 bits per heavy atom. The van der Waals surface area contributed by atoms with Crippen molar-refractivity contribution in [2.75, 3.05) is 38.6 Å². The molecule has 0 aliphatic carbocycles. The van der Waals surface area contributed by atoms with Crippen LogP contribution in [0.3, 0.4) is 0 Å². The summed E-state index contributed by atoms with van der Waals surface area (Å²) in [6.07, 6.45) is 3.72. The first-order valence-corrected chi connectivity index (χ1v) is 16.9. The largest absolute Gasteiger partial charge is 0.496 e. The van der Waals surface area contributed by atoms with Crippen molar-refractivity contribution in [3.8, 4) is 22.9 Å². The summed E-state index contributed by atoms with van der Waals surface area (Å²) in [5.41, 5.74) is 3.50. The molecule has 0 unspecified atom stereocenters. The van der Waals surface area contributed by atoms with Gasteiger partial charge in [-0.2, -0.15) is 18.4 Å². The molecule has 4 heterocycles. The number of aromatic nitrogens is 2.